The molecule has 75 valence electrons. The Morgan fingerprint density at radius 3 is 1.58 bits per heavy atom. The van der Waals surface area contributed by atoms with Crippen LogP contribution in [-0.2, 0) is 26.7 Å². The van der Waals surface area contributed by atoms with Gasteiger partial charge in [0.1, 0.15) is 0 Å². The van der Waals surface area contributed by atoms with Crippen molar-refractivity contribution in [2.75, 3.05) is 28.4 Å². The number of hydrogen-bond acceptors (Lipinski definition) is 4. The zero-order chi connectivity index (χ0) is 9.69. The van der Waals surface area contributed by atoms with E-state index in [1.807, 2.05) is 7.05 Å². The summed E-state index contributed by atoms with van der Waals surface area (Å²) in [6, 6.07) is 0. The van der Waals surface area contributed by atoms with Crippen molar-refractivity contribution in [3.63, 3.8) is 0 Å². The van der Waals surface area contributed by atoms with Gasteiger partial charge in [0.15, 0.2) is 0 Å². The summed E-state index contributed by atoms with van der Waals surface area (Å²) in [5.41, 5.74) is 0. The van der Waals surface area contributed by atoms with Gasteiger partial charge in [0.2, 0.25) is 0 Å². The van der Waals surface area contributed by atoms with Gasteiger partial charge in [-0.05, 0) is 0 Å². The standard InChI is InChI=1S/C3H7.CH4N.3CH3O.Ti/c1-3-2;4*1-2;/h1,3H2,2H3;2H,1H3;3*1H3;/q;4*-1;+4. The number of rotatable bonds is 6. The van der Waals surface area contributed by atoms with Crippen LogP contribution < -0.4 is 3.80 Å². The van der Waals surface area contributed by atoms with Crippen LogP contribution in [0.4, 0.5) is 0 Å². The topological polar surface area (TPSA) is 39.7 Å². The molecule has 0 aliphatic heterocycles. The molecule has 0 heterocycles. The Hall–Kier alpha value is 0.554. The third kappa shape index (κ3) is 2.07. The maximum atomic E-state index is 5.45. The zero-order valence-corrected chi connectivity index (χ0v) is 10.2. The molecular weight excluding hydrogens is 194 g/mol. The van der Waals surface area contributed by atoms with Crippen molar-refractivity contribution in [2.45, 2.75) is 18.1 Å². The number of nitrogens with one attached hydrogen (secondary N) is 1. The molecule has 0 aromatic rings. The van der Waals surface area contributed by atoms with Crippen molar-refractivity contribution in [3.8, 4) is 0 Å². The van der Waals surface area contributed by atoms with E-state index in [1.165, 1.54) is 0 Å². The van der Waals surface area contributed by atoms with Gasteiger partial charge in [-0.25, -0.2) is 0 Å². The van der Waals surface area contributed by atoms with Crippen LogP contribution in [0.2, 0.25) is 4.73 Å². The van der Waals surface area contributed by atoms with E-state index in [0.717, 1.165) is 11.1 Å². The van der Waals surface area contributed by atoms with E-state index >= 15 is 0 Å². The van der Waals surface area contributed by atoms with Crippen molar-refractivity contribution < 1.29 is 26.7 Å². The Morgan fingerprint density at radius 2 is 1.50 bits per heavy atom. The molecule has 0 aromatic carbocycles. The average molecular weight is 214 g/mol. The summed E-state index contributed by atoms with van der Waals surface area (Å²) < 4.78 is 20.3. The van der Waals surface area contributed by atoms with Gasteiger partial charge < -0.3 is 0 Å². The average Bonchev–Trinajstić information content (AvgIpc) is 2.16. The van der Waals surface area contributed by atoms with Crippen molar-refractivity contribution in [2.24, 2.45) is 0 Å². The van der Waals surface area contributed by atoms with Crippen LogP contribution in [0.25, 0.3) is 0 Å². The van der Waals surface area contributed by atoms with Crippen LogP contribution in [0.1, 0.15) is 13.3 Å². The van der Waals surface area contributed by atoms with Gasteiger partial charge in [0, 0.05) is 0 Å². The summed E-state index contributed by atoms with van der Waals surface area (Å²) in [5.74, 6) is 0. The molecule has 0 aromatic heterocycles. The maximum absolute atomic E-state index is 5.45. The van der Waals surface area contributed by atoms with Gasteiger partial charge in [-0.1, -0.05) is 0 Å². The fourth-order valence-electron chi connectivity index (χ4n) is 1.42. The van der Waals surface area contributed by atoms with Gasteiger partial charge in [-0.15, -0.1) is 0 Å². The van der Waals surface area contributed by atoms with Crippen LogP contribution in [0.3, 0.4) is 0 Å². The van der Waals surface area contributed by atoms with E-state index in [2.05, 4.69) is 10.7 Å². The van der Waals surface area contributed by atoms with Crippen molar-refractivity contribution in [1.82, 2.24) is 3.80 Å². The second-order valence-corrected chi connectivity index (χ2v) is 9.89. The molecule has 0 saturated carbocycles. The van der Waals surface area contributed by atoms with E-state index in [9.17, 15) is 0 Å². The first-order chi connectivity index (χ1) is 5.62. The van der Waals surface area contributed by atoms with Gasteiger partial charge in [0.25, 0.3) is 0 Å². The molecule has 0 aliphatic carbocycles. The molecule has 0 bridgehead atoms. The van der Waals surface area contributed by atoms with E-state index < -0.39 is 16.7 Å². The van der Waals surface area contributed by atoms with E-state index in [0.29, 0.717) is 0 Å². The third-order valence-electron chi connectivity index (χ3n) is 2.40. The summed E-state index contributed by atoms with van der Waals surface area (Å²) in [6.07, 6.45) is 0.980. The van der Waals surface area contributed by atoms with Gasteiger partial charge in [-0.2, -0.15) is 0 Å². The minimum atomic E-state index is -3.66. The predicted molar refractivity (Wildman–Crippen MR) is 45.2 cm³/mol. The van der Waals surface area contributed by atoms with Gasteiger partial charge in [0.05, 0.1) is 0 Å². The first kappa shape index (κ1) is 12.6. The third-order valence-corrected chi connectivity index (χ3v) is 9.91. The number of hydrogen-bond donors (Lipinski definition) is 1. The van der Waals surface area contributed by atoms with Crippen LogP contribution in [0.15, 0.2) is 0 Å². The van der Waals surface area contributed by atoms with Crippen molar-refractivity contribution in [3.05, 3.63) is 0 Å². The molecule has 0 radical (unpaired) electrons. The SMILES string of the molecule is CC[CH2][Ti]([NH]C)([O]C)([O]C)[O]C. The van der Waals surface area contributed by atoms with Crippen LogP contribution >= 0.6 is 0 Å². The summed E-state index contributed by atoms with van der Waals surface area (Å²) in [7, 11) is 6.73. The Bertz CT molecular complexity index is 115. The Kier molecular flexibility index (Phi) is 4.91. The monoisotopic (exact) mass is 214 g/mol. The molecular formula is C7H20NO3Ti. The van der Waals surface area contributed by atoms with Gasteiger partial charge in [-0.3, -0.25) is 0 Å². The quantitative estimate of drug-likeness (QED) is 0.677. The second-order valence-electron chi connectivity index (χ2n) is 2.78. The summed E-state index contributed by atoms with van der Waals surface area (Å²) >= 11 is -3.66. The Balaban J connectivity index is 4.70. The molecule has 5 heteroatoms. The van der Waals surface area contributed by atoms with E-state index in [1.54, 1.807) is 21.3 Å². The van der Waals surface area contributed by atoms with Crippen molar-refractivity contribution in [1.29, 1.82) is 0 Å². The summed E-state index contributed by atoms with van der Waals surface area (Å²) in [6.45, 7) is 2.08. The molecule has 1 N–H and O–H groups in total. The molecule has 0 saturated heterocycles. The van der Waals surface area contributed by atoms with E-state index in [4.69, 9.17) is 9.96 Å². The molecule has 4 nitrogen and oxygen atoms in total. The van der Waals surface area contributed by atoms with E-state index in [-0.39, 0.29) is 0 Å². The Labute approximate surface area is 77.2 Å². The normalized spacial score (nSPS) is 15.6. The van der Waals surface area contributed by atoms with Crippen molar-refractivity contribution >= 4 is 0 Å². The molecule has 0 spiro atoms. The zero-order valence-electron chi connectivity index (χ0n) is 8.64. The summed E-state index contributed by atoms with van der Waals surface area (Å²) in [5, 5.41) is 0. The molecule has 0 fully saturated rings. The summed E-state index contributed by atoms with van der Waals surface area (Å²) in [4.78, 5) is 0. The molecule has 0 amide bonds. The van der Waals surface area contributed by atoms with Crippen LogP contribution in [-0.4, -0.2) is 28.4 Å². The fourth-order valence-corrected chi connectivity index (χ4v) is 5.85. The molecule has 0 rings (SSSR count). The van der Waals surface area contributed by atoms with Crippen LogP contribution in [0.5, 0.6) is 0 Å². The molecule has 0 aliphatic rings. The Morgan fingerprint density at radius 1 is 1.08 bits per heavy atom. The van der Waals surface area contributed by atoms with Crippen LogP contribution in [0, 0.1) is 0 Å². The van der Waals surface area contributed by atoms with Gasteiger partial charge >= 0.3 is 76.9 Å². The first-order valence-corrected chi connectivity index (χ1v) is 7.95. The molecule has 0 atom stereocenters. The fraction of sp³-hybridized carbons (Fsp3) is 1.00. The second kappa shape index (κ2) is 4.70. The minimum absolute atomic E-state index is 0.817. The first-order valence-electron chi connectivity index (χ1n) is 4.15. The molecule has 12 heavy (non-hydrogen) atoms. The predicted octanol–water partition coefficient (Wildman–Crippen LogP) is 1.32. The molecule has 0 unspecified atom stereocenters.